The molecule has 2 N–H and O–H groups in total. The Bertz CT molecular complexity index is 523. The zero-order valence-electron chi connectivity index (χ0n) is 15.5. The lowest BCUT2D eigenvalue weighted by Gasteiger charge is -2.24. The molecule has 1 aromatic rings. The molecule has 0 radical (unpaired) electrons. The van der Waals surface area contributed by atoms with Gasteiger partial charge in [0.15, 0.2) is 5.96 Å². The summed E-state index contributed by atoms with van der Waals surface area (Å²) in [6.07, 6.45) is 0. The van der Waals surface area contributed by atoms with E-state index in [2.05, 4.69) is 27.6 Å². The smallest absolute Gasteiger partial charge is 0.191 e. The number of hydrogen-bond acceptors (Lipinski definition) is 4. The van der Waals surface area contributed by atoms with E-state index >= 15 is 0 Å². The van der Waals surface area contributed by atoms with Gasteiger partial charge < -0.3 is 20.1 Å². The second-order valence-electron chi connectivity index (χ2n) is 6.11. The number of ether oxygens (including phenoxy) is 2. The van der Waals surface area contributed by atoms with Crippen LogP contribution in [0.3, 0.4) is 0 Å². The van der Waals surface area contributed by atoms with Crippen LogP contribution in [0.25, 0.3) is 0 Å². The summed E-state index contributed by atoms with van der Waals surface area (Å²) >= 11 is 0. The van der Waals surface area contributed by atoms with Crippen molar-refractivity contribution in [3.63, 3.8) is 0 Å². The molecule has 0 saturated heterocycles. The predicted molar refractivity (Wildman–Crippen MR) is 92.9 cm³/mol. The molecule has 0 aliphatic heterocycles. The van der Waals surface area contributed by atoms with Gasteiger partial charge in [-0.25, -0.2) is 0 Å². The third kappa shape index (κ3) is 5.84. The molecule has 0 fully saturated rings. The normalized spacial score (nSPS) is 12.6. The molecule has 7 nitrogen and oxygen atoms in total. The highest BCUT2D eigenvalue weighted by Crippen LogP contribution is 2.12. The quantitative estimate of drug-likeness (QED) is 0.556. The highest BCUT2D eigenvalue weighted by molar-refractivity contribution is 5.79. The van der Waals surface area contributed by atoms with Crippen LogP contribution in [0.2, 0.25) is 0 Å². The first-order valence-electron chi connectivity index (χ1n) is 7.86. The van der Waals surface area contributed by atoms with Gasteiger partial charge in [0.1, 0.15) is 0 Å². The number of rotatable bonds is 8. The Morgan fingerprint density at radius 3 is 2.52 bits per heavy atom. The molecule has 0 saturated carbocycles. The lowest BCUT2D eigenvalue weighted by atomic mass is 10.1. The summed E-state index contributed by atoms with van der Waals surface area (Å²) in [4.78, 5) is 4.25. The van der Waals surface area contributed by atoms with Crippen molar-refractivity contribution in [3.8, 4) is 0 Å². The van der Waals surface area contributed by atoms with E-state index in [-0.39, 0.29) is 5.60 Å². The zero-order valence-corrected chi connectivity index (χ0v) is 15.5. The molecular weight excluding hydrogens is 294 g/mol. The fraction of sp³-hybridized carbons (Fsp3) is 0.750. The van der Waals surface area contributed by atoms with Crippen LogP contribution in [-0.2, 0) is 22.6 Å². The fourth-order valence-corrected chi connectivity index (χ4v) is 2.15. The summed E-state index contributed by atoms with van der Waals surface area (Å²) in [5.74, 6) is 0.749. The molecule has 1 heterocycles. The van der Waals surface area contributed by atoms with E-state index < -0.39 is 0 Å². The maximum atomic E-state index is 5.40. The minimum absolute atomic E-state index is 0.242. The first kappa shape index (κ1) is 19.4. The van der Waals surface area contributed by atoms with Crippen LogP contribution >= 0.6 is 0 Å². The van der Waals surface area contributed by atoms with Crippen LogP contribution in [0, 0.1) is 13.8 Å². The van der Waals surface area contributed by atoms with Gasteiger partial charge in [-0.1, -0.05) is 0 Å². The van der Waals surface area contributed by atoms with Gasteiger partial charge in [-0.05, 0) is 27.7 Å². The molecule has 23 heavy (non-hydrogen) atoms. The van der Waals surface area contributed by atoms with E-state index in [0.717, 1.165) is 23.9 Å². The number of nitrogens with zero attached hydrogens (tertiary/aromatic N) is 3. The van der Waals surface area contributed by atoms with Crippen molar-refractivity contribution in [1.82, 2.24) is 20.4 Å². The van der Waals surface area contributed by atoms with Crippen molar-refractivity contribution >= 4 is 5.96 Å². The van der Waals surface area contributed by atoms with E-state index in [4.69, 9.17) is 9.47 Å². The summed E-state index contributed by atoms with van der Waals surface area (Å²) in [6, 6.07) is 0. The highest BCUT2D eigenvalue weighted by atomic mass is 16.5. The van der Waals surface area contributed by atoms with Gasteiger partial charge in [-0.2, -0.15) is 5.10 Å². The van der Waals surface area contributed by atoms with Crippen LogP contribution in [0.5, 0.6) is 0 Å². The Balaban J connectivity index is 2.64. The third-order valence-corrected chi connectivity index (χ3v) is 3.93. The van der Waals surface area contributed by atoms with Gasteiger partial charge in [0.2, 0.25) is 0 Å². The van der Waals surface area contributed by atoms with Crippen LogP contribution in [-0.4, -0.2) is 55.8 Å². The Morgan fingerprint density at radius 1 is 1.26 bits per heavy atom. The van der Waals surface area contributed by atoms with Crippen molar-refractivity contribution < 1.29 is 9.47 Å². The van der Waals surface area contributed by atoms with Crippen LogP contribution in [0.15, 0.2) is 4.99 Å². The number of hydrogen-bond donors (Lipinski definition) is 2. The highest BCUT2D eigenvalue weighted by Gasteiger charge is 2.17. The summed E-state index contributed by atoms with van der Waals surface area (Å²) in [5, 5.41) is 11.2. The van der Waals surface area contributed by atoms with Gasteiger partial charge in [-0.3, -0.25) is 9.67 Å². The second kappa shape index (κ2) is 8.88. The van der Waals surface area contributed by atoms with E-state index in [1.54, 1.807) is 21.3 Å². The molecule has 0 spiro atoms. The molecule has 0 bridgehead atoms. The first-order valence-corrected chi connectivity index (χ1v) is 7.86. The van der Waals surface area contributed by atoms with Crippen molar-refractivity contribution in [3.05, 3.63) is 17.0 Å². The predicted octanol–water partition coefficient (Wildman–Crippen LogP) is 1.24. The largest absolute Gasteiger partial charge is 0.383 e. The number of aromatic nitrogens is 2. The topological polar surface area (TPSA) is 72.7 Å². The number of aliphatic imine (C=N–C) groups is 1. The molecule has 7 heteroatoms. The lowest BCUT2D eigenvalue weighted by molar-refractivity contribution is 0.0268. The maximum Gasteiger partial charge on any atom is 0.191 e. The Morgan fingerprint density at radius 2 is 1.96 bits per heavy atom. The summed E-state index contributed by atoms with van der Waals surface area (Å²) in [5.41, 5.74) is 3.13. The van der Waals surface area contributed by atoms with Crippen molar-refractivity contribution in [2.45, 2.75) is 46.4 Å². The molecule has 0 amide bonds. The number of guanidine groups is 1. The van der Waals surface area contributed by atoms with Crippen LogP contribution < -0.4 is 10.6 Å². The van der Waals surface area contributed by atoms with Gasteiger partial charge >= 0.3 is 0 Å². The number of nitrogens with one attached hydrogen (secondary N) is 2. The van der Waals surface area contributed by atoms with Crippen LogP contribution in [0.4, 0.5) is 0 Å². The average molecular weight is 325 g/mol. The minimum Gasteiger partial charge on any atom is -0.383 e. The van der Waals surface area contributed by atoms with E-state index in [1.165, 1.54) is 5.56 Å². The van der Waals surface area contributed by atoms with Crippen molar-refractivity contribution in [2.24, 2.45) is 4.99 Å². The first-order chi connectivity index (χ1) is 10.8. The van der Waals surface area contributed by atoms with E-state index in [0.29, 0.717) is 19.7 Å². The SMILES string of the molecule is CN=C(NCc1c(C)nn(CCOC)c1C)NCC(C)(C)OC. The molecule has 1 rings (SSSR count). The second-order valence-corrected chi connectivity index (χ2v) is 6.11. The molecule has 0 aliphatic carbocycles. The Hall–Kier alpha value is -1.60. The molecule has 0 unspecified atom stereocenters. The lowest BCUT2D eigenvalue weighted by Crippen LogP contribution is -2.45. The molecule has 0 atom stereocenters. The third-order valence-electron chi connectivity index (χ3n) is 3.93. The van der Waals surface area contributed by atoms with Gasteiger partial charge in [0, 0.05) is 45.6 Å². The molecule has 132 valence electrons. The summed E-state index contributed by atoms with van der Waals surface area (Å²) in [7, 11) is 5.17. The molecule has 0 aromatic carbocycles. The minimum atomic E-state index is -0.242. The van der Waals surface area contributed by atoms with Crippen LogP contribution in [0.1, 0.15) is 30.8 Å². The Kier molecular flexibility index (Phi) is 7.51. The molecular formula is C16H31N5O2. The van der Waals surface area contributed by atoms with E-state index in [1.807, 2.05) is 25.5 Å². The van der Waals surface area contributed by atoms with E-state index in [9.17, 15) is 0 Å². The Labute approximate surface area is 139 Å². The summed E-state index contributed by atoms with van der Waals surface area (Å²) < 4.78 is 12.5. The summed E-state index contributed by atoms with van der Waals surface area (Å²) in [6.45, 7) is 10.9. The zero-order chi connectivity index (χ0) is 17.5. The van der Waals surface area contributed by atoms with Crippen molar-refractivity contribution in [2.75, 3.05) is 34.4 Å². The van der Waals surface area contributed by atoms with Gasteiger partial charge in [0.25, 0.3) is 0 Å². The molecule has 1 aromatic heterocycles. The average Bonchev–Trinajstić information content (AvgIpc) is 2.80. The number of methoxy groups -OCH3 is 2. The van der Waals surface area contributed by atoms with Gasteiger partial charge in [0.05, 0.1) is 24.4 Å². The van der Waals surface area contributed by atoms with Gasteiger partial charge in [-0.15, -0.1) is 0 Å². The fourth-order valence-electron chi connectivity index (χ4n) is 2.15. The van der Waals surface area contributed by atoms with Crippen molar-refractivity contribution in [1.29, 1.82) is 0 Å². The monoisotopic (exact) mass is 325 g/mol. The number of aryl methyl sites for hydroxylation is 1. The standard InChI is InChI=1S/C16H31N5O2/c1-12-14(13(2)21(20-12)8-9-22-6)10-18-15(17-5)19-11-16(3,4)23-7/h8-11H2,1-7H3,(H2,17,18,19). The molecule has 0 aliphatic rings. The maximum absolute atomic E-state index is 5.40.